The molecule has 0 radical (unpaired) electrons. The predicted octanol–water partition coefficient (Wildman–Crippen LogP) is 1.28. The van der Waals surface area contributed by atoms with E-state index < -0.39 is 246 Å². The second kappa shape index (κ2) is 36.4. The Morgan fingerprint density at radius 1 is 0.736 bits per heavy atom. The third-order valence-electron chi connectivity index (χ3n) is 19.0. The van der Waals surface area contributed by atoms with Gasteiger partial charge in [-0.3, -0.25) is 43.2 Å². The van der Waals surface area contributed by atoms with E-state index in [2.05, 4.69) is 42.5 Å². The Morgan fingerprint density at radius 3 is 1.95 bits per heavy atom. The van der Waals surface area contributed by atoms with Gasteiger partial charge in [0.1, 0.15) is 77.2 Å². The largest absolute Gasteiger partial charge is 0.508 e. The maximum Gasteiger partial charge on any atom is 0.303 e. The van der Waals surface area contributed by atoms with Crippen molar-refractivity contribution in [1.29, 1.82) is 0 Å². The fraction of sp³-hybridized carbons (Fsp3) is 0.466. The summed E-state index contributed by atoms with van der Waals surface area (Å²) < 4.78 is 37.2. The number of nitrogens with one attached hydrogen (secondary N) is 8. The molecule has 17 atom stereocenters. The number of ether oxygens (including phenoxy) is 6. The molecule has 1 saturated heterocycles. The van der Waals surface area contributed by atoms with E-state index in [9.17, 15) is 75.0 Å². The number of fused-ring (bicyclic) bond motifs is 15. The zero-order valence-corrected chi connectivity index (χ0v) is 61.9. The van der Waals surface area contributed by atoms with Crippen LogP contribution in [0, 0.1) is 11.8 Å². The van der Waals surface area contributed by atoms with Gasteiger partial charge in [-0.2, -0.15) is 0 Å². The molecule has 1 fully saturated rings. The van der Waals surface area contributed by atoms with Crippen LogP contribution in [0.4, 0.5) is 0 Å². The molecule has 0 spiro atoms. The average molecular weight is 1580 g/mol. The van der Waals surface area contributed by atoms with E-state index in [4.69, 9.17) is 63.1 Å². The minimum absolute atomic E-state index is 0.0898. The van der Waals surface area contributed by atoms with Crippen molar-refractivity contribution in [2.24, 2.45) is 23.3 Å². The number of nitrogens with two attached hydrogens (primary N) is 2. The standard InChI is InChI=1S/C73H90Cl2N10O25/c1-30(2)16-43(78-6)66(98)84-59-62(95)34-10-13-48(41(74)19-34)109-50-21-36-22-51(64(50)106-29-105-28-37(27-86)61(94)47(90)17-31(3)107-54-26-73(5,77)65(97)32(4)108-54)110-49-14-11-35(20-42(49)75)63(96)60-72(104)83-58(68(100)79-15-7-8-53(92)93)40-23-38(87)24-46(89)55(40)39-18-33(9-12-45(39)88)56(69(101)85-60)82-70(102)57(36)81-67(99)44(25-52(76)91)80-71(59)103/h9-14,18-24,30-32,37,43-44,47,54,56-63,65,78,86-90,94-97H,7-8,15-17,25-29,77H2,1-6H3,(H2,76,91)(H,79,100)(H,80,103)(H,81,99)(H,82,102)(H,83,104)(H,84,98)(H,85,101)(H,92,93)/t31?,32?,37?,43-,44-,47?,54?,56+,57+,58-,59+,60-,61?,62+,63+,65?,73?/m0/s1. The average Bonchev–Trinajstić information content (AvgIpc) is 0.765. The van der Waals surface area contributed by atoms with Crippen molar-refractivity contribution in [2.75, 3.05) is 33.6 Å². The lowest BCUT2D eigenvalue weighted by Crippen LogP contribution is -2.60. The third kappa shape index (κ3) is 20.3. The first-order chi connectivity index (χ1) is 52.0. The zero-order valence-electron chi connectivity index (χ0n) is 60.4. The second-order valence-electron chi connectivity index (χ2n) is 28.1. The Morgan fingerprint density at radius 2 is 1.35 bits per heavy atom. The quantitative estimate of drug-likeness (QED) is 0.0306. The molecule has 110 heavy (non-hydrogen) atoms. The molecular formula is C73H90Cl2N10O25. The van der Waals surface area contributed by atoms with Crippen LogP contribution in [0.3, 0.4) is 0 Å². The summed E-state index contributed by atoms with van der Waals surface area (Å²) in [4.78, 5) is 130. The number of hydrogen-bond donors (Lipinski definition) is 20. The number of halogens is 2. The Kier molecular flexibility index (Phi) is 27.9. The number of primary amides is 1. The highest BCUT2D eigenvalue weighted by Crippen LogP contribution is 2.49. The van der Waals surface area contributed by atoms with Crippen molar-refractivity contribution in [3.63, 3.8) is 0 Å². The number of likely N-dealkylation sites (N-methyl/N-ethyl adjacent to an activating group) is 1. The molecule has 11 bridgehead atoms. The molecule has 37 heteroatoms. The minimum Gasteiger partial charge on any atom is -0.508 e. The summed E-state index contributed by atoms with van der Waals surface area (Å²) in [6, 6.07) is 0.321. The highest BCUT2D eigenvalue weighted by Gasteiger charge is 2.45. The normalized spacial score (nSPS) is 24.9. The monoisotopic (exact) mass is 1580 g/mol. The highest BCUT2D eigenvalue weighted by molar-refractivity contribution is 6.32. The summed E-state index contributed by atoms with van der Waals surface area (Å²) in [6.45, 7) is 6.00. The fourth-order valence-corrected chi connectivity index (χ4v) is 13.6. The van der Waals surface area contributed by atoms with Gasteiger partial charge in [-0.05, 0) is 129 Å². The summed E-state index contributed by atoms with van der Waals surface area (Å²) in [6.07, 6.45) is -12.4. The van der Waals surface area contributed by atoms with Crippen LogP contribution < -0.4 is 68.2 Å². The fourth-order valence-electron chi connectivity index (χ4n) is 13.2. The number of rotatable bonds is 24. The van der Waals surface area contributed by atoms with Crippen LogP contribution >= 0.6 is 23.2 Å². The van der Waals surface area contributed by atoms with Crippen LogP contribution in [0.25, 0.3) is 11.1 Å². The molecule has 0 saturated carbocycles. The maximum atomic E-state index is 16.0. The number of carbonyl (C=O) groups is 9. The topological polar surface area (TPSA) is 560 Å². The van der Waals surface area contributed by atoms with E-state index in [1.807, 2.05) is 13.8 Å². The molecule has 5 aromatic carbocycles. The number of aliphatic hydroxyl groups is 6. The molecule has 6 aliphatic heterocycles. The molecule has 0 aromatic heterocycles. The van der Waals surface area contributed by atoms with Crippen molar-refractivity contribution in [3.05, 3.63) is 117 Å². The van der Waals surface area contributed by atoms with E-state index in [0.717, 1.165) is 54.6 Å². The number of hydrogen-bond acceptors (Lipinski definition) is 26. The minimum atomic E-state index is -2.29. The number of carbonyl (C=O) groups excluding carboxylic acids is 8. The van der Waals surface area contributed by atoms with Gasteiger partial charge in [0.25, 0.3) is 0 Å². The van der Waals surface area contributed by atoms with Gasteiger partial charge >= 0.3 is 5.97 Å². The van der Waals surface area contributed by atoms with Gasteiger partial charge in [-0.15, -0.1) is 0 Å². The first-order valence-corrected chi connectivity index (χ1v) is 35.8. The number of carboxylic acid groups (broad SMARTS) is 1. The van der Waals surface area contributed by atoms with Gasteiger partial charge in [0, 0.05) is 54.5 Å². The Bertz CT molecular complexity index is 4270. The smallest absolute Gasteiger partial charge is 0.303 e. The van der Waals surface area contributed by atoms with Crippen LogP contribution in [0.5, 0.6) is 46.0 Å². The molecule has 8 amide bonds. The van der Waals surface area contributed by atoms with Crippen molar-refractivity contribution >= 4 is 76.4 Å². The predicted molar refractivity (Wildman–Crippen MR) is 387 cm³/mol. The lowest BCUT2D eigenvalue weighted by Gasteiger charge is -2.43. The summed E-state index contributed by atoms with van der Waals surface area (Å²) >= 11 is 14.1. The van der Waals surface area contributed by atoms with Gasteiger partial charge in [0.05, 0.1) is 66.2 Å². The van der Waals surface area contributed by atoms with Crippen molar-refractivity contribution < 1.29 is 123 Å². The number of phenolic OH excluding ortho intramolecular Hbond substituents is 3. The van der Waals surface area contributed by atoms with Crippen molar-refractivity contribution in [2.45, 2.75) is 170 Å². The van der Waals surface area contributed by atoms with E-state index in [1.54, 1.807) is 20.8 Å². The van der Waals surface area contributed by atoms with Crippen LogP contribution in [0.1, 0.15) is 131 Å². The first-order valence-electron chi connectivity index (χ1n) is 35.1. The first kappa shape index (κ1) is 84.3. The van der Waals surface area contributed by atoms with Crippen LogP contribution in [-0.2, 0) is 57.4 Å². The van der Waals surface area contributed by atoms with E-state index in [0.29, 0.717) is 0 Å². The van der Waals surface area contributed by atoms with E-state index in [-0.39, 0.29) is 76.4 Å². The van der Waals surface area contributed by atoms with Crippen LogP contribution in [-0.4, -0.2) is 204 Å². The number of aromatic hydroxyl groups is 3. The van der Waals surface area contributed by atoms with E-state index in [1.165, 1.54) is 31.3 Å². The second-order valence-corrected chi connectivity index (χ2v) is 28.9. The van der Waals surface area contributed by atoms with Gasteiger partial charge in [-0.25, -0.2) is 0 Å². The highest BCUT2D eigenvalue weighted by atomic mass is 35.5. The van der Waals surface area contributed by atoms with Gasteiger partial charge < -0.3 is 133 Å². The summed E-state index contributed by atoms with van der Waals surface area (Å²) in [5, 5.41) is 132. The Hall–Kier alpha value is -9.73. The zero-order chi connectivity index (χ0) is 80.5. The molecule has 6 aliphatic rings. The molecule has 596 valence electrons. The molecule has 35 nitrogen and oxygen atoms in total. The molecule has 0 aliphatic carbocycles. The van der Waals surface area contributed by atoms with Crippen LogP contribution in [0.15, 0.2) is 78.9 Å². The third-order valence-corrected chi connectivity index (χ3v) is 19.6. The number of phenols is 3. The summed E-state index contributed by atoms with van der Waals surface area (Å²) in [5.74, 6) is -16.8. The molecular weight excluding hydrogens is 1490 g/mol. The Labute approximate surface area is 639 Å². The lowest BCUT2D eigenvalue weighted by molar-refractivity contribution is -0.253. The molecule has 5 aromatic rings. The molecule has 8 unspecified atom stereocenters. The molecule has 6 heterocycles. The number of benzene rings is 5. The maximum absolute atomic E-state index is 16.0. The number of aliphatic hydroxyl groups excluding tert-OH is 6. The van der Waals surface area contributed by atoms with Crippen molar-refractivity contribution in [1.82, 2.24) is 42.5 Å². The SMILES string of the molecule is CN[C@@H](CC(C)C)C(=O)N[C@H]1C(=O)N[C@@H](CC(N)=O)C(=O)N[C@H]2C(=O)N[C@H]3C(=O)N[C@H](C(=O)N[C@H](C(=O)NCCCC(=O)O)c4cc(O)cc(O)c4-c4cc3ccc4O)[C@H](O)c3ccc(c(Cl)c3)Oc3cc2cc(c3OCOCC(CO)C(O)C(O)CC(C)OC2CC(C)(N)C(O)C(C)O2)Oc2ccc(cc2Cl)[C@H]1O. The van der Waals surface area contributed by atoms with Gasteiger partial charge in [0.15, 0.2) is 24.6 Å². The Balaban J connectivity index is 1.21. The van der Waals surface area contributed by atoms with E-state index >= 15 is 19.2 Å². The van der Waals surface area contributed by atoms with Crippen molar-refractivity contribution in [3.8, 4) is 57.1 Å². The summed E-state index contributed by atoms with van der Waals surface area (Å²) in [7, 11) is 1.48. The summed E-state index contributed by atoms with van der Waals surface area (Å²) in [5.41, 5.74) is 8.55. The number of carboxylic acids is 1. The van der Waals surface area contributed by atoms with Crippen LogP contribution in [0.2, 0.25) is 10.0 Å². The molecule has 22 N–H and O–H groups in total. The molecule has 11 rings (SSSR count). The number of aliphatic carboxylic acids is 1. The van der Waals surface area contributed by atoms with Gasteiger partial charge in [-0.1, -0.05) is 55.2 Å². The lowest BCUT2D eigenvalue weighted by atomic mass is 9.86. The number of amides is 8. The van der Waals surface area contributed by atoms with Gasteiger partial charge in [0.2, 0.25) is 53.0 Å².